The molecule has 1 aromatic rings. The van der Waals surface area contributed by atoms with Crippen LogP contribution in [0.3, 0.4) is 0 Å². The molecular formula is C12H10O3. The van der Waals surface area contributed by atoms with Crippen molar-refractivity contribution in [3.05, 3.63) is 41.0 Å². The molecule has 0 aromatic heterocycles. The number of carbonyl (C=O) groups excluding carboxylic acids is 1. The lowest BCUT2D eigenvalue weighted by molar-refractivity contribution is -0.136. The fourth-order valence-electron chi connectivity index (χ4n) is 1.67. The fourth-order valence-corrected chi connectivity index (χ4v) is 1.67. The number of hydrogen-bond donors (Lipinski definition) is 1. The third-order valence-electron chi connectivity index (χ3n) is 2.38. The fraction of sp³-hybridized carbons (Fsp3) is 0.167. The first-order valence-corrected chi connectivity index (χ1v) is 4.69. The van der Waals surface area contributed by atoms with Crippen molar-refractivity contribution in [2.75, 3.05) is 0 Å². The normalized spacial score (nSPS) is 13.7. The van der Waals surface area contributed by atoms with Crippen molar-refractivity contribution in [2.45, 2.75) is 12.8 Å². The number of benzene rings is 1. The molecule has 0 aliphatic heterocycles. The van der Waals surface area contributed by atoms with E-state index in [0.717, 1.165) is 16.7 Å². The molecule has 1 aliphatic carbocycles. The van der Waals surface area contributed by atoms with E-state index in [1.807, 2.05) is 12.1 Å². The summed E-state index contributed by atoms with van der Waals surface area (Å²) in [4.78, 5) is 21.6. The summed E-state index contributed by atoms with van der Waals surface area (Å²) < 4.78 is 0. The van der Waals surface area contributed by atoms with Gasteiger partial charge >= 0.3 is 5.97 Å². The topological polar surface area (TPSA) is 54.4 Å². The Morgan fingerprint density at radius 3 is 2.87 bits per heavy atom. The minimum absolute atomic E-state index is 0.0229. The number of carbonyl (C=O) groups is 2. The Labute approximate surface area is 87.0 Å². The van der Waals surface area contributed by atoms with Gasteiger partial charge in [-0.3, -0.25) is 9.59 Å². The van der Waals surface area contributed by atoms with E-state index in [2.05, 4.69) is 0 Å². The summed E-state index contributed by atoms with van der Waals surface area (Å²) in [6.07, 6.45) is 3.72. The largest absolute Gasteiger partial charge is 0.481 e. The number of fused-ring (bicyclic) bond motifs is 1. The lowest BCUT2D eigenvalue weighted by Gasteiger charge is -2.10. The van der Waals surface area contributed by atoms with E-state index in [9.17, 15) is 9.59 Å². The number of carboxylic acid groups (broad SMARTS) is 1. The Morgan fingerprint density at radius 1 is 1.33 bits per heavy atom. The number of hydrogen-bond acceptors (Lipinski definition) is 2. The molecule has 0 radical (unpaired) electrons. The van der Waals surface area contributed by atoms with Gasteiger partial charge < -0.3 is 5.11 Å². The van der Waals surface area contributed by atoms with Crippen LogP contribution in [0.25, 0.3) is 6.08 Å². The molecule has 1 aliphatic rings. The first-order chi connectivity index (χ1) is 7.15. The van der Waals surface area contributed by atoms with Crippen LogP contribution >= 0.6 is 0 Å². The van der Waals surface area contributed by atoms with Gasteiger partial charge in [0.05, 0.1) is 6.42 Å². The molecule has 2 rings (SSSR count). The second-order valence-electron chi connectivity index (χ2n) is 3.58. The molecule has 15 heavy (non-hydrogen) atoms. The van der Waals surface area contributed by atoms with Crippen molar-refractivity contribution in [1.29, 1.82) is 0 Å². The highest BCUT2D eigenvalue weighted by Crippen LogP contribution is 2.19. The van der Waals surface area contributed by atoms with Crippen molar-refractivity contribution in [1.82, 2.24) is 0 Å². The lowest BCUT2D eigenvalue weighted by atomic mass is 9.94. The number of carboxylic acids is 1. The molecule has 3 nitrogen and oxygen atoms in total. The zero-order chi connectivity index (χ0) is 10.8. The zero-order valence-electron chi connectivity index (χ0n) is 8.06. The zero-order valence-corrected chi connectivity index (χ0v) is 8.06. The van der Waals surface area contributed by atoms with Gasteiger partial charge in [-0.25, -0.2) is 0 Å². The Kier molecular flexibility index (Phi) is 2.37. The third kappa shape index (κ3) is 2.13. The summed E-state index contributed by atoms with van der Waals surface area (Å²) in [5, 5.41) is 8.64. The van der Waals surface area contributed by atoms with E-state index in [1.165, 1.54) is 6.08 Å². The van der Waals surface area contributed by atoms with E-state index in [-0.39, 0.29) is 12.2 Å². The molecule has 0 atom stereocenters. The standard InChI is InChI=1S/C12H10O3/c13-11-4-3-9-5-8(6-12(14)15)1-2-10(9)7-11/h1-5H,6-7H2,(H,14,15). The minimum atomic E-state index is -0.842. The highest BCUT2D eigenvalue weighted by atomic mass is 16.4. The third-order valence-corrected chi connectivity index (χ3v) is 2.38. The smallest absolute Gasteiger partial charge is 0.307 e. The van der Waals surface area contributed by atoms with Crippen molar-refractivity contribution in [2.24, 2.45) is 0 Å². The Bertz CT molecular complexity index is 458. The predicted molar refractivity (Wildman–Crippen MR) is 55.5 cm³/mol. The summed E-state index contributed by atoms with van der Waals surface area (Å²) in [6, 6.07) is 5.42. The van der Waals surface area contributed by atoms with E-state index >= 15 is 0 Å². The van der Waals surface area contributed by atoms with Gasteiger partial charge in [-0.15, -0.1) is 0 Å². The van der Waals surface area contributed by atoms with Crippen LogP contribution in [-0.4, -0.2) is 16.9 Å². The molecule has 1 aromatic carbocycles. The molecule has 0 spiro atoms. The van der Waals surface area contributed by atoms with E-state index in [0.29, 0.717) is 6.42 Å². The van der Waals surface area contributed by atoms with Crippen molar-refractivity contribution in [3.8, 4) is 0 Å². The monoisotopic (exact) mass is 202 g/mol. The summed E-state index contributed by atoms with van der Waals surface area (Å²) in [6.45, 7) is 0. The Hall–Kier alpha value is -1.90. The molecule has 0 heterocycles. The van der Waals surface area contributed by atoms with Crippen LogP contribution in [-0.2, 0) is 22.4 Å². The van der Waals surface area contributed by atoms with Crippen LogP contribution in [0.15, 0.2) is 24.3 Å². The van der Waals surface area contributed by atoms with Crippen LogP contribution in [0.2, 0.25) is 0 Å². The Balaban J connectivity index is 2.33. The lowest BCUT2D eigenvalue weighted by Crippen LogP contribution is -2.07. The first-order valence-electron chi connectivity index (χ1n) is 4.69. The van der Waals surface area contributed by atoms with E-state index in [4.69, 9.17) is 5.11 Å². The van der Waals surface area contributed by atoms with Crippen LogP contribution in [0.4, 0.5) is 0 Å². The molecule has 76 valence electrons. The highest BCUT2D eigenvalue weighted by Gasteiger charge is 2.11. The molecule has 0 bridgehead atoms. The molecule has 0 fully saturated rings. The number of aliphatic carboxylic acids is 1. The number of ketones is 1. The van der Waals surface area contributed by atoms with Gasteiger partial charge in [-0.2, -0.15) is 0 Å². The number of allylic oxidation sites excluding steroid dienone is 1. The molecule has 0 amide bonds. The summed E-state index contributed by atoms with van der Waals surface area (Å²) in [5.41, 5.74) is 2.69. The summed E-state index contributed by atoms with van der Waals surface area (Å²) in [7, 11) is 0. The van der Waals surface area contributed by atoms with Crippen molar-refractivity contribution >= 4 is 17.8 Å². The van der Waals surface area contributed by atoms with Gasteiger partial charge in [0.2, 0.25) is 0 Å². The van der Waals surface area contributed by atoms with Crippen LogP contribution in [0.5, 0.6) is 0 Å². The van der Waals surface area contributed by atoms with E-state index < -0.39 is 5.97 Å². The second-order valence-corrected chi connectivity index (χ2v) is 3.58. The first kappa shape index (κ1) is 9.65. The molecule has 1 N–H and O–H groups in total. The maximum absolute atomic E-state index is 11.1. The maximum atomic E-state index is 11.1. The maximum Gasteiger partial charge on any atom is 0.307 e. The molecule has 0 unspecified atom stereocenters. The molecular weight excluding hydrogens is 192 g/mol. The van der Waals surface area contributed by atoms with Gasteiger partial charge in [-0.1, -0.05) is 24.3 Å². The van der Waals surface area contributed by atoms with Gasteiger partial charge in [0, 0.05) is 6.42 Å². The van der Waals surface area contributed by atoms with Gasteiger partial charge in [0.15, 0.2) is 5.78 Å². The molecule has 3 heteroatoms. The quantitative estimate of drug-likeness (QED) is 0.789. The van der Waals surface area contributed by atoms with Crippen LogP contribution in [0.1, 0.15) is 16.7 Å². The Morgan fingerprint density at radius 2 is 2.13 bits per heavy atom. The van der Waals surface area contributed by atoms with Gasteiger partial charge in [-0.05, 0) is 22.8 Å². The summed E-state index contributed by atoms with van der Waals surface area (Å²) >= 11 is 0. The molecule has 0 saturated heterocycles. The SMILES string of the molecule is O=C(O)Cc1ccc2c(c1)C=CC(=O)C2. The van der Waals surface area contributed by atoms with Crippen LogP contribution in [0, 0.1) is 0 Å². The minimum Gasteiger partial charge on any atom is -0.481 e. The molecule has 0 saturated carbocycles. The van der Waals surface area contributed by atoms with Gasteiger partial charge in [0.1, 0.15) is 0 Å². The van der Waals surface area contributed by atoms with Crippen molar-refractivity contribution in [3.63, 3.8) is 0 Å². The number of rotatable bonds is 2. The van der Waals surface area contributed by atoms with Crippen molar-refractivity contribution < 1.29 is 14.7 Å². The van der Waals surface area contributed by atoms with Crippen LogP contribution < -0.4 is 0 Å². The second kappa shape index (κ2) is 3.69. The van der Waals surface area contributed by atoms with Gasteiger partial charge in [0.25, 0.3) is 0 Å². The highest BCUT2D eigenvalue weighted by molar-refractivity contribution is 5.98. The average Bonchev–Trinajstić information content (AvgIpc) is 2.17. The van der Waals surface area contributed by atoms with E-state index in [1.54, 1.807) is 12.1 Å². The average molecular weight is 202 g/mol. The predicted octanol–water partition coefficient (Wildman–Crippen LogP) is 1.45. The summed E-state index contributed by atoms with van der Waals surface area (Å²) in [5.74, 6) is -0.751.